The first-order chi connectivity index (χ1) is 13.1. The first-order valence-electron chi connectivity index (χ1n) is 9.66. The second kappa shape index (κ2) is 7.43. The number of anilines is 1. The van der Waals surface area contributed by atoms with Crippen LogP contribution in [0.2, 0.25) is 0 Å². The number of aryl methyl sites for hydroxylation is 1. The standard InChI is InChI=1S/C21H25N3O2S/c1-4-26-16-11-9-15(10-12-16)19-17-7-5-6-8-18(17)23-24(19)21-22-13(2)20(27-21)14(3)25/h9-12,17,19H,4-8H2,1-3H3/t17-,19+/m1/s1. The molecule has 1 aromatic heterocycles. The Hall–Kier alpha value is -2.21. The molecule has 0 bridgehead atoms. The van der Waals surface area contributed by atoms with Crippen LogP contribution in [0.5, 0.6) is 5.75 Å². The lowest BCUT2D eigenvalue weighted by molar-refractivity contribution is 0.102. The van der Waals surface area contributed by atoms with Crippen LogP contribution < -0.4 is 9.75 Å². The van der Waals surface area contributed by atoms with Crippen LogP contribution in [0.3, 0.4) is 0 Å². The predicted molar refractivity (Wildman–Crippen MR) is 109 cm³/mol. The topological polar surface area (TPSA) is 54.8 Å². The lowest BCUT2D eigenvalue weighted by Crippen LogP contribution is -2.27. The Kier molecular flexibility index (Phi) is 5.00. The molecule has 1 fully saturated rings. The van der Waals surface area contributed by atoms with Crippen molar-refractivity contribution in [3.8, 4) is 5.75 Å². The van der Waals surface area contributed by atoms with Crippen LogP contribution in [0.25, 0.3) is 0 Å². The van der Waals surface area contributed by atoms with Crippen molar-refractivity contribution < 1.29 is 9.53 Å². The van der Waals surface area contributed by atoms with Crippen molar-refractivity contribution in [3.05, 3.63) is 40.4 Å². The van der Waals surface area contributed by atoms with Crippen LogP contribution >= 0.6 is 11.3 Å². The fourth-order valence-electron chi connectivity index (χ4n) is 4.13. The molecule has 2 heterocycles. The van der Waals surface area contributed by atoms with E-state index in [4.69, 9.17) is 9.84 Å². The predicted octanol–water partition coefficient (Wildman–Crippen LogP) is 5.16. The summed E-state index contributed by atoms with van der Waals surface area (Å²) >= 11 is 1.45. The molecular weight excluding hydrogens is 358 g/mol. The Bertz CT molecular complexity index is 872. The number of aromatic nitrogens is 1. The SMILES string of the molecule is CCOc1ccc([C@H]2[C@@H]3CCCCC3=NN2c2nc(C)c(C(C)=O)s2)cc1. The summed E-state index contributed by atoms with van der Waals surface area (Å²) < 4.78 is 5.60. The maximum atomic E-state index is 11.9. The molecule has 6 heteroatoms. The Morgan fingerprint density at radius 1 is 1.30 bits per heavy atom. The molecular formula is C21H25N3O2S. The molecule has 2 atom stereocenters. The van der Waals surface area contributed by atoms with E-state index in [0.29, 0.717) is 12.5 Å². The summed E-state index contributed by atoms with van der Waals surface area (Å²) in [6.07, 6.45) is 4.64. The fourth-order valence-corrected chi connectivity index (χ4v) is 5.08. The van der Waals surface area contributed by atoms with E-state index in [9.17, 15) is 4.79 Å². The zero-order chi connectivity index (χ0) is 19.0. The number of carbonyl (C=O) groups is 1. The number of hydrazone groups is 1. The van der Waals surface area contributed by atoms with E-state index in [1.807, 2.05) is 26.0 Å². The quantitative estimate of drug-likeness (QED) is 0.669. The monoisotopic (exact) mass is 383 g/mol. The smallest absolute Gasteiger partial charge is 0.207 e. The highest BCUT2D eigenvalue weighted by atomic mass is 32.1. The number of ether oxygens (including phenoxy) is 1. The van der Waals surface area contributed by atoms with Crippen molar-refractivity contribution in [1.29, 1.82) is 0 Å². The fraction of sp³-hybridized carbons (Fsp3) is 0.476. The van der Waals surface area contributed by atoms with Gasteiger partial charge in [-0.2, -0.15) is 5.10 Å². The first-order valence-corrected chi connectivity index (χ1v) is 10.5. The minimum Gasteiger partial charge on any atom is -0.494 e. The van der Waals surface area contributed by atoms with Gasteiger partial charge in [-0.15, -0.1) is 0 Å². The number of Topliss-reactive ketones (excluding diaryl/α,β-unsaturated/α-hetero) is 1. The van der Waals surface area contributed by atoms with Gasteiger partial charge in [-0.25, -0.2) is 9.99 Å². The summed E-state index contributed by atoms with van der Waals surface area (Å²) in [4.78, 5) is 17.3. The number of rotatable bonds is 5. The van der Waals surface area contributed by atoms with Gasteiger partial charge in [-0.3, -0.25) is 4.79 Å². The summed E-state index contributed by atoms with van der Waals surface area (Å²) in [5.41, 5.74) is 3.29. The van der Waals surface area contributed by atoms with E-state index in [1.165, 1.54) is 35.5 Å². The third-order valence-electron chi connectivity index (χ3n) is 5.34. The summed E-state index contributed by atoms with van der Waals surface area (Å²) in [6.45, 7) is 6.16. The summed E-state index contributed by atoms with van der Waals surface area (Å²) in [7, 11) is 0. The van der Waals surface area contributed by atoms with E-state index >= 15 is 0 Å². The second-order valence-electron chi connectivity index (χ2n) is 7.20. The molecule has 1 aliphatic heterocycles. The van der Waals surface area contributed by atoms with Crippen molar-refractivity contribution in [3.63, 3.8) is 0 Å². The Morgan fingerprint density at radius 2 is 2.07 bits per heavy atom. The second-order valence-corrected chi connectivity index (χ2v) is 8.18. The molecule has 1 aliphatic carbocycles. The van der Waals surface area contributed by atoms with Crippen molar-refractivity contribution in [1.82, 2.24) is 4.98 Å². The minimum absolute atomic E-state index is 0.0677. The van der Waals surface area contributed by atoms with E-state index in [1.54, 1.807) is 6.92 Å². The highest BCUT2D eigenvalue weighted by molar-refractivity contribution is 7.17. The normalized spacial score (nSPS) is 21.7. The molecule has 1 aromatic carbocycles. The van der Waals surface area contributed by atoms with E-state index in [0.717, 1.165) is 34.3 Å². The number of nitrogens with zero attached hydrogens (tertiary/aromatic N) is 3. The summed E-state index contributed by atoms with van der Waals surface area (Å²) in [5.74, 6) is 1.37. The molecule has 0 unspecified atom stereocenters. The maximum absolute atomic E-state index is 11.9. The molecule has 0 N–H and O–H groups in total. The van der Waals surface area contributed by atoms with Crippen LogP contribution in [-0.2, 0) is 0 Å². The van der Waals surface area contributed by atoms with E-state index in [2.05, 4.69) is 22.1 Å². The lowest BCUT2D eigenvalue weighted by Gasteiger charge is -2.28. The van der Waals surface area contributed by atoms with Crippen LogP contribution in [0.1, 0.15) is 66.5 Å². The van der Waals surface area contributed by atoms with Gasteiger partial charge in [-0.05, 0) is 50.8 Å². The van der Waals surface area contributed by atoms with Crippen LogP contribution in [0.15, 0.2) is 29.4 Å². The van der Waals surface area contributed by atoms with Gasteiger partial charge in [0.2, 0.25) is 5.13 Å². The van der Waals surface area contributed by atoms with E-state index in [-0.39, 0.29) is 11.8 Å². The van der Waals surface area contributed by atoms with Crippen LogP contribution in [0, 0.1) is 12.8 Å². The lowest BCUT2D eigenvalue weighted by atomic mass is 9.80. The first kappa shape index (κ1) is 18.2. The van der Waals surface area contributed by atoms with E-state index < -0.39 is 0 Å². The molecule has 5 nitrogen and oxygen atoms in total. The number of hydrogen-bond acceptors (Lipinski definition) is 6. The Morgan fingerprint density at radius 3 is 2.74 bits per heavy atom. The van der Waals surface area contributed by atoms with Crippen LogP contribution in [-0.4, -0.2) is 23.1 Å². The van der Waals surface area contributed by atoms with Crippen LogP contribution in [0.4, 0.5) is 5.13 Å². The largest absolute Gasteiger partial charge is 0.494 e. The van der Waals surface area contributed by atoms with Crippen molar-refractivity contribution in [2.45, 2.75) is 52.5 Å². The van der Waals surface area contributed by atoms with Gasteiger partial charge in [0.05, 0.1) is 23.2 Å². The molecule has 0 spiro atoms. The third kappa shape index (κ3) is 3.38. The van der Waals surface area contributed by atoms with Gasteiger partial charge >= 0.3 is 0 Å². The molecule has 1 saturated carbocycles. The Balaban J connectivity index is 1.72. The number of fused-ring (bicyclic) bond motifs is 1. The summed E-state index contributed by atoms with van der Waals surface area (Å²) in [6, 6.07) is 8.49. The molecule has 27 heavy (non-hydrogen) atoms. The van der Waals surface area contributed by atoms with Gasteiger partial charge in [0.1, 0.15) is 5.75 Å². The van der Waals surface area contributed by atoms with Crippen molar-refractivity contribution in [2.75, 3.05) is 11.6 Å². The van der Waals surface area contributed by atoms with Crippen molar-refractivity contribution in [2.24, 2.45) is 11.0 Å². The van der Waals surface area contributed by atoms with Gasteiger partial charge in [0.25, 0.3) is 0 Å². The number of thiazole rings is 1. The highest BCUT2D eigenvalue weighted by Crippen LogP contribution is 2.45. The number of hydrogen-bond donors (Lipinski definition) is 0. The minimum atomic E-state index is 0.0677. The number of benzene rings is 1. The van der Waals surface area contributed by atoms with Gasteiger partial charge in [0, 0.05) is 18.6 Å². The van der Waals surface area contributed by atoms with Gasteiger partial charge in [0.15, 0.2) is 5.78 Å². The molecule has 2 aliphatic rings. The zero-order valence-corrected chi connectivity index (χ0v) is 16.9. The zero-order valence-electron chi connectivity index (χ0n) is 16.1. The maximum Gasteiger partial charge on any atom is 0.207 e. The molecule has 2 aromatic rings. The average Bonchev–Trinajstić information content (AvgIpc) is 3.23. The third-order valence-corrected chi connectivity index (χ3v) is 6.59. The molecule has 0 radical (unpaired) electrons. The highest BCUT2D eigenvalue weighted by Gasteiger charge is 2.41. The molecule has 4 rings (SSSR count). The Labute approximate surface area is 164 Å². The summed E-state index contributed by atoms with van der Waals surface area (Å²) in [5, 5.41) is 7.84. The van der Waals surface area contributed by atoms with Crippen molar-refractivity contribution >= 4 is 28.0 Å². The average molecular weight is 384 g/mol. The van der Waals surface area contributed by atoms with Gasteiger partial charge in [-0.1, -0.05) is 29.9 Å². The molecule has 142 valence electrons. The molecule has 0 amide bonds. The molecule has 0 saturated heterocycles. The number of carbonyl (C=O) groups excluding carboxylic acids is 1. The van der Waals surface area contributed by atoms with Gasteiger partial charge < -0.3 is 4.74 Å². The number of ketones is 1.